The lowest BCUT2D eigenvalue weighted by atomic mass is 10.1. The normalized spacial score (nSPS) is 13.1. The molecule has 34 heavy (non-hydrogen) atoms. The van der Waals surface area contributed by atoms with Gasteiger partial charge in [0.2, 0.25) is 0 Å². The molecule has 3 heteroatoms. The predicted octanol–water partition coefficient (Wildman–Crippen LogP) is 8.77. The van der Waals surface area contributed by atoms with Crippen molar-refractivity contribution in [3.05, 3.63) is 127 Å². The maximum atomic E-state index is 6.08. The molecule has 0 bridgehead atoms. The van der Waals surface area contributed by atoms with Crippen molar-refractivity contribution in [2.75, 3.05) is 7.11 Å². The molecule has 0 saturated heterocycles. The Bertz CT molecular complexity index is 1400. The van der Waals surface area contributed by atoms with E-state index in [2.05, 4.69) is 84.9 Å². The minimum Gasteiger partial charge on any atom is -0.497 e. The fraction of sp³-hybridized carbons (Fsp3) is 0.0323. The van der Waals surface area contributed by atoms with Crippen LogP contribution in [0.15, 0.2) is 127 Å². The van der Waals surface area contributed by atoms with Gasteiger partial charge in [-0.25, -0.2) is 0 Å². The van der Waals surface area contributed by atoms with Crippen LogP contribution in [-0.2, 0) is 0 Å². The average molecular weight is 443 g/mol. The monoisotopic (exact) mass is 442 g/mol. The molecule has 1 aliphatic rings. The highest BCUT2D eigenvalue weighted by molar-refractivity contribution is 6.02. The second-order valence-corrected chi connectivity index (χ2v) is 8.31. The zero-order valence-electron chi connectivity index (χ0n) is 18.9. The molecule has 0 radical (unpaired) electrons. The minimum absolute atomic E-state index is 0.502. The van der Waals surface area contributed by atoms with E-state index in [9.17, 15) is 0 Å². The molecular weight excluding hydrogens is 418 g/mol. The molecule has 1 heterocycles. The first-order chi connectivity index (χ1) is 16.8. The Labute approximate surface area is 199 Å². The molecule has 5 aromatic carbocycles. The lowest BCUT2D eigenvalue weighted by molar-refractivity contribution is 0.414. The largest absolute Gasteiger partial charge is 0.497 e. The maximum Gasteiger partial charge on any atom is 0.156 e. The first-order valence-electron chi connectivity index (χ1n) is 11.4. The van der Waals surface area contributed by atoms with Crippen LogP contribution in [0.5, 0.6) is 17.2 Å². The van der Waals surface area contributed by atoms with Crippen LogP contribution in [0.1, 0.15) is 0 Å². The van der Waals surface area contributed by atoms with Crippen molar-refractivity contribution in [2.24, 2.45) is 0 Å². The number of nitrogens with zero attached hydrogens (tertiary/aromatic N) is 1. The van der Waals surface area contributed by atoms with Gasteiger partial charge in [0.05, 0.1) is 18.2 Å². The standard InChI is InChI=1S/C31H24NO2/c1-33-25-19-15-23(16-20-25)32(24-17-21-27(22-18-24)34-26-9-3-2-4-10-26)30-13-7-5-11-28(30)29-12-6-8-14-31(29)32/h2-22H,1H3/q+1. The number of hydrogen-bond acceptors (Lipinski definition) is 2. The summed E-state index contributed by atoms with van der Waals surface area (Å²) < 4.78 is 12.0. The van der Waals surface area contributed by atoms with Crippen LogP contribution in [-0.4, -0.2) is 7.11 Å². The first kappa shape index (κ1) is 20.3. The third-order valence-electron chi connectivity index (χ3n) is 6.48. The van der Waals surface area contributed by atoms with Gasteiger partial charge in [-0.1, -0.05) is 42.5 Å². The molecule has 0 spiro atoms. The summed E-state index contributed by atoms with van der Waals surface area (Å²) >= 11 is 0. The van der Waals surface area contributed by atoms with Gasteiger partial charge in [0.25, 0.3) is 0 Å². The van der Waals surface area contributed by atoms with Crippen LogP contribution in [0, 0.1) is 0 Å². The molecule has 3 nitrogen and oxygen atoms in total. The molecule has 0 N–H and O–H groups in total. The molecule has 0 saturated carbocycles. The highest BCUT2D eigenvalue weighted by Gasteiger charge is 2.47. The third kappa shape index (κ3) is 3.10. The predicted molar refractivity (Wildman–Crippen MR) is 139 cm³/mol. The fourth-order valence-electron chi connectivity index (χ4n) is 4.99. The number of fused-ring (bicyclic) bond motifs is 3. The lowest BCUT2D eigenvalue weighted by Crippen LogP contribution is -2.31. The summed E-state index contributed by atoms with van der Waals surface area (Å²) in [6, 6.07) is 44.0. The highest BCUT2D eigenvalue weighted by Crippen LogP contribution is 2.62. The number of benzene rings is 5. The van der Waals surface area contributed by atoms with E-state index in [0.717, 1.165) is 28.6 Å². The van der Waals surface area contributed by atoms with Gasteiger partial charge >= 0.3 is 0 Å². The summed E-state index contributed by atoms with van der Waals surface area (Å²) in [5, 5.41) is 0. The molecule has 0 fully saturated rings. The van der Waals surface area contributed by atoms with E-state index < -0.39 is 0 Å². The summed E-state index contributed by atoms with van der Waals surface area (Å²) in [6.07, 6.45) is 0. The average Bonchev–Trinajstić information content (AvgIpc) is 3.21. The van der Waals surface area contributed by atoms with E-state index in [1.165, 1.54) is 22.5 Å². The van der Waals surface area contributed by atoms with Gasteiger partial charge in [0, 0.05) is 36.4 Å². The molecule has 6 rings (SSSR count). The molecule has 0 aliphatic carbocycles. The topological polar surface area (TPSA) is 18.5 Å². The molecule has 0 unspecified atom stereocenters. The van der Waals surface area contributed by atoms with E-state index in [-0.39, 0.29) is 0 Å². The number of ether oxygens (including phenoxy) is 2. The van der Waals surface area contributed by atoms with E-state index >= 15 is 0 Å². The van der Waals surface area contributed by atoms with E-state index in [0.29, 0.717) is 4.48 Å². The number of methoxy groups -OCH3 is 1. The molecule has 0 aromatic heterocycles. The molecule has 1 aliphatic heterocycles. The van der Waals surface area contributed by atoms with Crippen molar-refractivity contribution in [1.29, 1.82) is 0 Å². The zero-order chi connectivity index (χ0) is 23.0. The Morgan fingerprint density at radius 2 is 0.882 bits per heavy atom. The van der Waals surface area contributed by atoms with E-state index in [1.807, 2.05) is 42.5 Å². The zero-order valence-corrected chi connectivity index (χ0v) is 18.9. The van der Waals surface area contributed by atoms with E-state index in [4.69, 9.17) is 9.47 Å². The van der Waals surface area contributed by atoms with Crippen LogP contribution >= 0.6 is 0 Å². The molecule has 164 valence electrons. The Kier molecular flexibility index (Phi) is 4.90. The number of hydrogen-bond donors (Lipinski definition) is 0. The SMILES string of the molecule is COc1ccc([N+]2(c3ccc(Oc4ccccc4)cc3)c3ccccc3-c3ccccc32)cc1. The number of para-hydroxylation sites is 3. The van der Waals surface area contributed by atoms with Crippen molar-refractivity contribution in [3.8, 4) is 28.4 Å². The van der Waals surface area contributed by atoms with Gasteiger partial charge in [-0.05, 0) is 48.5 Å². The Hall–Kier alpha value is -4.34. The Balaban J connectivity index is 1.56. The summed E-state index contributed by atoms with van der Waals surface area (Å²) in [6.45, 7) is 0. The van der Waals surface area contributed by atoms with Gasteiger partial charge in [0.15, 0.2) is 11.4 Å². The molecule has 5 aromatic rings. The van der Waals surface area contributed by atoms with Gasteiger partial charge in [-0.2, -0.15) is 4.48 Å². The number of quaternary nitrogens is 1. The first-order valence-corrected chi connectivity index (χ1v) is 11.4. The second-order valence-electron chi connectivity index (χ2n) is 8.31. The molecular formula is C31H24NO2+. The van der Waals surface area contributed by atoms with Crippen LogP contribution in [0.2, 0.25) is 0 Å². The van der Waals surface area contributed by atoms with Gasteiger partial charge in [-0.3, -0.25) is 0 Å². The van der Waals surface area contributed by atoms with Crippen LogP contribution in [0.4, 0.5) is 22.7 Å². The highest BCUT2D eigenvalue weighted by atomic mass is 16.5. The van der Waals surface area contributed by atoms with Crippen LogP contribution in [0.3, 0.4) is 0 Å². The smallest absolute Gasteiger partial charge is 0.156 e. The summed E-state index contributed by atoms with van der Waals surface area (Å²) in [5.74, 6) is 2.48. The van der Waals surface area contributed by atoms with Gasteiger partial charge in [-0.15, -0.1) is 0 Å². The van der Waals surface area contributed by atoms with Crippen LogP contribution < -0.4 is 14.0 Å². The maximum absolute atomic E-state index is 6.08. The summed E-state index contributed by atoms with van der Waals surface area (Å²) in [7, 11) is 1.70. The number of rotatable bonds is 5. The fourth-order valence-corrected chi connectivity index (χ4v) is 4.99. The third-order valence-corrected chi connectivity index (χ3v) is 6.48. The minimum atomic E-state index is 0.502. The molecule has 0 amide bonds. The van der Waals surface area contributed by atoms with Crippen molar-refractivity contribution in [2.45, 2.75) is 0 Å². The Morgan fingerprint density at radius 3 is 1.41 bits per heavy atom. The Morgan fingerprint density at radius 1 is 0.441 bits per heavy atom. The van der Waals surface area contributed by atoms with Crippen LogP contribution in [0.25, 0.3) is 11.1 Å². The van der Waals surface area contributed by atoms with Crippen molar-refractivity contribution in [3.63, 3.8) is 0 Å². The second kappa shape index (κ2) is 8.22. The van der Waals surface area contributed by atoms with Crippen molar-refractivity contribution >= 4 is 22.7 Å². The van der Waals surface area contributed by atoms with E-state index in [1.54, 1.807) is 7.11 Å². The lowest BCUT2D eigenvalue weighted by Gasteiger charge is -2.34. The summed E-state index contributed by atoms with van der Waals surface area (Å²) in [5.41, 5.74) is 7.24. The van der Waals surface area contributed by atoms with Gasteiger partial charge < -0.3 is 9.47 Å². The van der Waals surface area contributed by atoms with Crippen molar-refractivity contribution in [1.82, 2.24) is 4.48 Å². The molecule has 0 atom stereocenters. The van der Waals surface area contributed by atoms with Crippen molar-refractivity contribution < 1.29 is 9.47 Å². The quantitative estimate of drug-likeness (QED) is 0.248. The van der Waals surface area contributed by atoms with Gasteiger partial charge in [0.1, 0.15) is 28.6 Å². The summed E-state index contributed by atoms with van der Waals surface area (Å²) in [4.78, 5) is 0.